The summed E-state index contributed by atoms with van der Waals surface area (Å²) in [6, 6.07) is 14.3. The maximum absolute atomic E-state index is 13.3. The summed E-state index contributed by atoms with van der Waals surface area (Å²) in [7, 11) is 3.10. The van der Waals surface area contributed by atoms with E-state index in [1.54, 1.807) is 51.5 Å². The SMILES string of the molecule is CCOC(=O)c1sc(-c2ccc(OC)c(OC)c2)cc1NC(=O)C1CC(=O)Nc2ccccc21. The van der Waals surface area contributed by atoms with Crippen LogP contribution in [0.1, 0.15) is 34.5 Å². The second-order valence-corrected chi connectivity index (χ2v) is 8.58. The topological polar surface area (TPSA) is 103 Å². The summed E-state index contributed by atoms with van der Waals surface area (Å²) < 4.78 is 15.9. The largest absolute Gasteiger partial charge is 0.493 e. The molecule has 176 valence electrons. The van der Waals surface area contributed by atoms with Crippen molar-refractivity contribution in [1.82, 2.24) is 0 Å². The molecule has 4 rings (SSSR count). The van der Waals surface area contributed by atoms with Crippen LogP contribution in [0.4, 0.5) is 11.4 Å². The van der Waals surface area contributed by atoms with Gasteiger partial charge < -0.3 is 24.8 Å². The minimum atomic E-state index is -0.676. The number of thiophene rings is 1. The van der Waals surface area contributed by atoms with E-state index >= 15 is 0 Å². The van der Waals surface area contributed by atoms with Crippen LogP contribution in [0.25, 0.3) is 10.4 Å². The summed E-state index contributed by atoms with van der Waals surface area (Å²) >= 11 is 1.20. The third-order valence-corrected chi connectivity index (χ3v) is 6.60. The van der Waals surface area contributed by atoms with Crippen molar-refractivity contribution in [3.8, 4) is 21.9 Å². The molecule has 1 aliphatic heterocycles. The molecule has 1 unspecified atom stereocenters. The number of rotatable bonds is 7. The average molecular weight is 481 g/mol. The first kappa shape index (κ1) is 23.3. The molecule has 0 spiro atoms. The zero-order valence-electron chi connectivity index (χ0n) is 19.0. The molecule has 34 heavy (non-hydrogen) atoms. The molecule has 2 N–H and O–H groups in total. The Morgan fingerprint density at radius 1 is 1.09 bits per heavy atom. The van der Waals surface area contributed by atoms with Crippen LogP contribution in [0.5, 0.6) is 11.5 Å². The van der Waals surface area contributed by atoms with Gasteiger partial charge in [-0.2, -0.15) is 0 Å². The molecule has 0 saturated carbocycles. The first-order valence-electron chi connectivity index (χ1n) is 10.7. The van der Waals surface area contributed by atoms with Gasteiger partial charge in [-0.25, -0.2) is 4.79 Å². The van der Waals surface area contributed by atoms with Gasteiger partial charge in [0.25, 0.3) is 0 Å². The Morgan fingerprint density at radius 2 is 1.85 bits per heavy atom. The molecule has 2 amide bonds. The van der Waals surface area contributed by atoms with E-state index in [1.165, 1.54) is 11.3 Å². The summed E-state index contributed by atoms with van der Waals surface area (Å²) in [5.41, 5.74) is 2.46. The Labute approximate surface area is 200 Å². The van der Waals surface area contributed by atoms with E-state index in [9.17, 15) is 14.4 Å². The van der Waals surface area contributed by atoms with Crippen LogP contribution in [0.3, 0.4) is 0 Å². The van der Waals surface area contributed by atoms with Crippen molar-refractivity contribution < 1.29 is 28.6 Å². The van der Waals surface area contributed by atoms with Gasteiger partial charge >= 0.3 is 5.97 Å². The fourth-order valence-corrected chi connectivity index (χ4v) is 4.83. The second-order valence-electron chi connectivity index (χ2n) is 7.53. The highest BCUT2D eigenvalue weighted by Gasteiger charge is 2.31. The molecule has 1 aromatic heterocycles. The van der Waals surface area contributed by atoms with E-state index in [1.807, 2.05) is 18.2 Å². The monoisotopic (exact) mass is 480 g/mol. The van der Waals surface area contributed by atoms with Gasteiger partial charge in [-0.15, -0.1) is 11.3 Å². The van der Waals surface area contributed by atoms with Crippen molar-refractivity contribution in [2.75, 3.05) is 31.5 Å². The summed E-state index contributed by atoms with van der Waals surface area (Å²) in [5, 5.41) is 5.64. The molecule has 1 aliphatic rings. The Bertz CT molecular complexity index is 1250. The van der Waals surface area contributed by atoms with E-state index in [2.05, 4.69) is 10.6 Å². The number of fused-ring (bicyclic) bond motifs is 1. The summed E-state index contributed by atoms with van der Waals surface area (Å²) in [4.78, 5) is 39.1. The number of carbonyl (C=O) groups is 3. The number of ether oxygens (including phenoxy) is 3. The van der Waals surface area contributed by atoms with Gasteiger partial charge in [0.1, 0.15) is 4.88 Å². The lowest BCUT2D eigenvalue weighted by atomic mass is 9.90. The first-order chi connectivity index (χ1) is 16.4. The van der Waals surface area contributed by atoms with Crippen molar-refractivity contribution in [2.45, 2.75) is 19.3 Å². The van der Waals surface area contributed by atoms with Crippen molar-refractivity contribution >= 4 is 40.5 Å². The number of hydrogen-bond donors (Lipinski definition) is 2. The number of anilines is 2. The van der Waals surface area contributed by atoms with E-state index in [0.29, 0.717) is 22.9 Å². The third kappa shape index (κ3) is 4.60. The molecule has 0 radical (unpaired) electrons. The second kappa shape index (κ2) is 9.96. The highest BCUT2D eigenvalue weighted by molar-refractivity contribution is 7.18. The number of amides is 2. The van der Waals surface area contributed by atoms with Gasteiger partial charge in [0.15, 0.2) is 11.5 Å². The van der Waals surface area contributed by atoms with Crippen LogP contribution >= 0.6 is 11.3 Å². The number of methoxy groups -OCH3 is 2. The summed E-state index contributed by atoms with van der Waals surface area (Å²) in [6.45, 7) is 1.92. The lowest BCUT2D eigenvalue weighted by molar-refractivity contribution is -0.123. The van der Waals surface area contributed by atoms with Crippen molar-refractivity contribution in [2.24, 2.45) is 0 Å². The molecule has 0 aliphatic carbocycles. The minimum absolute atomic E-state index is 0.0181. The van der Waals surface area contributed by atoms with Crippen molar-refractivity contribution in [3.63, 3.8) is 0 Å². The highest BCUT2D eigenvalue weighted by Crippen LogP contribution is 2.40. The highest BCUT2D eigenvalue weighted by atomic mass is 32.1. The standard InChI is InChI=1S/C25H24N2O6S/c1-4-33-25(30)23-18(13-21(34-23)14-9-10-19(31-2)20(11-14)32-3)27-24(29)16-12-22(28)26-17-8-6-5-7-15(16)17/h5-11,13,16H,4,12H2,1-3H3,(H,26,28)(H,27,29). The molecular formula is C25H24N2O6S. The molecule has 2 heterocycles. The van der Waals surface area contributed by atoms with Crippen LogP contribution in [0, 0.1) is 0 Å². The number of para-hydroxylation sites is 1. The number of carbonyl (C=O) groups excluding carboxylic acids is 3. The van der Waals surface area contributed by atoms with Crippen molar-refractivity contribution in [1.29, 1.82) is 0 Å². The number of benzene rings is 2. The Hall–Kier alpha value is -3.85. The van der Waals surface area contributed by atoms with Gasteiger partial charge in [-0.1, -0.05) is 18.2 Å². The van der Waals surface area contributed by atoms with E-state index < -0.39 is 11.9 Å². The summed E-state index contributed by atoms with van der Waals surface area (Å²) in [6.07, 6.45) is 0.0181. The fraction of sp³-hybridized carbons (Fsp3) is 0.240. The molecular weight excluding hydrogens is 456 g/mol. The summed E-state index contributed by atoms with van der Waals surface area (Å²) in [5.74, 6) is -0.691. The van der Waals surface area contributed by atoms with Gasteiger partial charge in [-0.3, -0.25) is 9.59 Å². The zero-order chi connectivity index (χ0) is 24.2. The zero-order valence-corrected chi connectivity index (χ0v) is 19.8. The normalized spacial score (nSPS) is 14.6. The lowest BCUT2D eigenvalue weighted by Crippen LogP contribution is -2.31. The number of hydrogen-bond acceptors (Lipinski definition) is 7. The number of esters is 1. The van der Waals surface area contributed by atoms with Crippen LogP contribution < -0.4 is 20.1 Å². The molecule has 3 aromatic rings. The molecule has 8 nitrogen and oxygen atoms in total. The predicted octanol–water partition coefficient (Wildman–Crippen LogP) is 4.67. The smallest absolute Gasteiger partial charge is 0.350 e. The average Bonchev–Trinajstić information content (AvgIpc) is 3.26. The molecule has 0 saturated heterocycles. The Kier molecular flexibility index (Phi) is 6.83. The molecule has 2 aromatic carbocycles. The van der Waals surface area contributed by atoms with Gasteiger partial charge in [0.2, 0.25) is 11.8 Å². The van der Waals surface area contributed by atoms with Crippen LogP contribution in [0.2, 0.25) is 0 Å². The predicted molar refractivity (Wildman–Crippen MR) is 130 cm³/mol. The van der Waals surface area contributed by atoms with E-state index in [4.69, 9.17) is 14.2 Å². The third-order valence-electron chi connectivity index (χ3n) is 5.44. The Morgan fingerprint density at radius 3 is 2.59 bits per heavy atom. The van der Waals surface area contributed by atoms with Crippen LogP contribution in [-0.4, -0.2) is 38.6 Å². The Balaban J connectivity index is 1.69. The minimum Gasteiger partial charge on any atom is -0.493 e. The number of nitrogens with one attached hydrogen (secondary N) is 2. The van der Waals surface area contributed by atoms with E-state index in [-0.39, 0.29) is 29.7 Å². The quantitative estimate of drug-likeness (QED) is 0.476. The molecule has 0 bridgehead atoms. The van der Waals surface area contributed by atoms with Gasteiger partial charge in [-0.05, 0) is 48.4 Å². The van der Waals surface area contributed by atoms with Crippen LogP contribution in [0.15, 0.2) is 48.5 Å². The maximum Gasteiger partial charge on any atom is 0.350 e. The van der Waals surface area contributed by atoms with Crippen LogP contribution in [-0.2, 0) is 14.3 Å². The molecule has 1 atom stereocenters. The fourth-order valence-electron chi connectivity index (χ4n) is 3.83. The van der Waals surface area contributed by atoms with Gasteiger partial charge in [0, 0.05) is 17.0 Å². The molecule has 0 fully saturated rings. The first-order valence-corrected chi connectivity index (χ1v) is 11.5. The van der Waals surface area contributed by atoms with Crippen molar-refractivity contribution in [3.05, 3.63) is 59.0 Å². The van der Waals surface area contributed by atoms with Gasteiger partial charge in [0.05, 0.1) is 32.4 Å². The van der Waals surface area contributed by atoms with E-state index in [0.717, 1.165) is 16.0 Å². The maximum atomic E-state index is 13.3. The molecule has 9 heteroatoms. The lowest BCUT2D eigenvalue weighted by Gasteiger charge is -2.24.